The number of aromatic nitrogens is 2. The summed E-state index contributed by atoms with van der Waals surface area (Å²) in [5.74, 6) is 1.33. The van der Waals surface area contributed by atoms with E-state index in [-0.39, 0.29) is 11.9 Å². The summed E-state index contributed by atoms with van der Waals surface area (Å²) in [5.41, 5.74) is 0. The fourth-order valence-corrected chi connectivity index (χ4v) is 2.67. The van der Waals surface area contributed by atoms with Crippen molar-refractivity contribution in [1.29, 1.82) is 0 Å². The summed E-state index contributed by atoms with van der Waals surface area (Å²) in [6.07, 6.45) is 4.71. The van der Waals surface area contributed by atoms with E-state index in [2.05, 4.69) is 15.5 Å². The molecule has 0 aliphatic heterocycles. The molecule has 0 radical (unpaired) electrons. The molecule has 1 aliphatic rings. The predicted molar refractivity (Wildman–Crippen MR) is 73.1 cm³/mol. The highest BCUT2D eigenvalue weighted by atomic mass is 16.5. The maximum absolute atomic E-state index is 11.8. The Labute approximate surface area is 119 Å². The van der Waals surface area contributed by atoms with E-state index in [0.29, 0.717) is 24.4 Å². The van der Waals surface area contributed by atoms with Gasteiger partial charge in [-0.15, -0.1) is 0 Å². The third-order valence-corrected chi connectivity index (χ3v) is 3.64. The van der Waals surface area contributed by atoms with Crippen LogP contribution in [0.3, 0.4) is 0 Å². The van der Waals surface area contributed by atoms with Crippen LogP contribution in [0.2, 0.25) is 0 Å². The van der Waals surface area contributed by atoms with Crippen molar-refractivity contribution in [2.75, 3.05) is 13.2 Å². The average Bonchev–Trinajstić information content (AvgIpc) is 2.85. The fourth-order valence-electron chi connectivity index (χ4n) is 2.67. The Balaban J connectivity index is 1.71. The number of carbonyl (C=O) groups excluding carboxylic acids is 1. The number of ether oxygens (including phenoxy) is 1. The average molecular weight is 281 g/mol. The monoisotopic (exact) mass is 281 g/mol. The van der Waals surface area contributed by atoms with Crippen molar-refractivity contribution in [3.63, 3.8) is 0 Å². The minimum atomic E-state index is -0.0495. The third-order valence-electron chi connectivity index (χ3n) is 3.64. The molecule has 2 unspecified atom stereocenters. The summed E-state index contributed by atoms with van der Waals surface area (Å²) in [6, 6.07) is 0.377. The summed E-state index contributed by atoms with van der Waals surface area (Å²) in [4.78, 5) is 15.9. The lowest BCUT2D eigenvalue weighted by Gasteiger charge is -2.28. The zero-order valence-corrected chi connectivity index (χ0v) is 12.2. The molecule has 1 heterocycles. The van der Waals surface area contributed by atoms with Crippen molar-refractivity contribution in [3.8, 4) is 0 Å². The molecule has 1 saturated carbocycles. The number of aryl methyl sites for hydroxylation is 1. The van der Waals surface area contributed by atoms with Gasteiger partial charge in [-0.1, -0.05) is 11.6 Å². The summed E-state index contributed by atoms with van der Waals surface area (Å²) in [5, 5.41) is 7.23. The molecule has 0 saturated heterocycles. The lowest BCUT2D eigenvalue weighted by molar-refractivity contribution is -0.149. The van der Waals surface area contributed by atoms with Gasteiger partial charge in [-0.05, 0) is 33.1 Å². The molecular formula is C14H23N3O3. The number of carbonyl (C=O) groups is 1. The molecule has 0 amide bonds. The van der Waals surface area contributed by atoms with Crippen LogP contribution in [0.4, 0.5) is 0 Å². The largest absolute Gasteiger partial charge is 0.466 e. The first-order valence-corrected chi connectivity index (χ1v) is 7.38. The highest BCUT2D eigenvalue weighted by molar-refractivity contribution is 5.72. The molecule has 1 aromatic rings. The molecule has 2 atom stereocenters. The first-order valence-electron chi connectivity index (χ1n) is 7.38. The second-order valence-corrected chi connectivity index (χ2v) is 5.25. The first kappa shape index (κ1) is 15.0. The van der Waals surface area contributed by atoms with E-state index in [1.165, 1.54) is 0 Å². The minimum absolute atomic E-state index is 0.0480. The maximum Gasteiger partial charge on any atom is 0.308 e. The standard InChI is InChI=1S/C14H23N3O3/c1-3-19-14(18)11-5-4-6-12(9-11)15-8-7-13-16-10(2)17-20-13/h11-12,15H,3-9H2,1-2H3. The molecule has 112 valence electrons. The van der Waals surface area contributed by atoms with Crippen molar-refractivity contribution in [2.45, 2.75) is 52.0 Å². The van der Waals surface area contributed by atoms with Gasteiger partial charge in [0.15, 0.2) is 5.82 Å². The van der Waals surface area contributed by atoms with Gasteiger partial charge in [-0.3, -0.25) is 4.79 Å². The highest BCUT2D eigenvalue weighted by Gasteiger charge is 2.27. The van der Waals surface area contributed by atoms with E-state index in [4.69, 9.17) is 9.26 Å². The van der Waals surface area contributed by atoms with Gasteiger partial charge in [-0.2, -0.15) is 4.98 Å². The minimum Gasteiger partial charge on any atom is -0.466 e. The van der Waals surface area contributed by atoms with Gasteiger partial charge in [0.25, 0.3) is 0 Å². The van der Waals surface area contributed by atoms with Gasteiger partial charge in [-0.25, -0.2) is 0 Å². The number of rotatable bonds is 6. The Morgan fingerprint density at radius 1 is 1.50 bits per heavy atom. The van der Waals surface area contributed by atoms with Crippen LogP contribution in [0.15, 0.2) is 4.52 Å². The van der Waals surface area contributed by atoms with Crippen molar-refractivity contribution in [3.05, 3.63) is 11.7 Å². The van der Waals surface area contributed by atoms with Crippen LogP contribution in [0.5, 0.6) is 0 Å². The zero-order chi connectivity index (χ0) is 14.4. The molecule has 1 fully saturated rings. The second kappa shape index (κ2) is 7.38. The Bertz CT molecular complexity index is 433. The summed E-state index contributed by atoms with van der Waals surface area (Å²) in [6.45, 7) is 4.92. The second-order valence-electron chi connectivity index (χ2n) is 5.25. The molecule has 0 aromatic carbocycles. The highest BCUT2D eigenvalue weighted by Crippen LogP contribution is 2.25. The summed E-state index contributed by atoms with van der Waals surface area (Å²) in [7, 11) is 0. The Hall–Kier alpha value is -1.43. The fraction of sp³-hybridized carbons (Fsp3) is 0.786. The Kier molecular flexibility index (Phi) is 5.52. The quantitative estimate of drug-likeness (QED) is 0.799. The molecule has 2 rings (SSSR count). The molecular weight excluding hydrogens is 258 g/mol. The van der Waals surface area contributed by atoms with Crippen LogP contribution in [-0.4, -0.2) is 35.3 Å². The lowest BCUT2D eigenvalue weighted by Crippen LogP contribution is -2.37. The van der Waals surface area contributed by atoms with Gasteiger partial charge in [0.05, 0.1) is 12.5 Å². The normalized spacial score (nSPS) is 22.7. The third kappa shape index (κ3) is 4.30. The smallest absolute Gasteiger partial charge is 0.308 e. The molecule has 6 nitrogen and oxygen atoms in total. The molecule has 6 heteroatoms. The van der Waals surface area contributed by atoms with Gasteiger partial charge < -0.3 is 14.6 Å². The van der Waals surface area contributed by atoms with E-state index in [9.17, 15) is 4.79 Å². The van der Waals surface area contributed by atoms with Gasteiger partial charge in [0.2, 0.25) is 5.89 Å². The lowest BCUT2D eigenvalue weighted by atomic mass is 9.85. The number of hydrogen-bond acceptors (Lipinski definition) is 6. The maximum atomic E-state index is 11.8. The number of nitrogens with zero attached hydrogens (tertiary/aromatic N) is 2. The van der Waals surface area contributed by atoms with Crippen molar-refractivity contribution >= 4 is 5.97 Å². The zero-order valence-electron chi connectivity index (χ0n) is 12.2. The molecule has 0 bridgehead atoms. The Morgan fingerprint density at radius 2 is 2.35 bits per heavy atom. The number of esters is 1. The molecule has 1 N–H and O–H groups in total. The van der Waals surface area contributed by atoms with Crippen LogP contribution in [0.1, 0.15) is 44.3 Å². The van der Waals surface area contributed by atoms with Crippen LogP contribution in [-0.2, 0) is 16.0 Å². The van der Waals surface area contributed by atoms with E-state index >= 15 is 0 Å². The first-order chi connectivity index (χ1) is 9.69. The molecule has 1 aromatic heterocycles. The van der Waals surface area contributed by atoms with E-state index in [0.717, 1.165) is 38.6 Å². The van der Waals surface area contributed by atoms with Crippen LogP contribution in [0, 0.1) is 12.8 Å². The molecule has 0 spiro atoms. The molecule has 1 aliphatic carbocycles. The molecule has 20 heavy (non-hydrogen) atoms. The number of nitrogens with one attached hydrogen (secondary N) is 1. The summed E-state index contributed by atoms with van der Waals surface area (Å²) < 4.78 is 10.2. The number of hydrogen-bond donors (Lipinski definition) is 1. The van der Waals surface area contributed by atoms with Crippen molar-refractivity contribution in [1.82, 2.24) is 15.5 Å². The van der Waals surface area contributed by atoms with Gasteiger partial charge >= 0.3 is 5.97 Å². The SMILES string of the molecule is CCOC(=O)C1CCCC(NCCc2nc(C)no2)C1. The Morgan fingerprint density at radius 3 is 3.05 bits per heavy atom. The van der Waals surface area contributed by atoms with E-state index in [1.807, 2.05) is 13.8 Å². The van der Waals surface area contributed by atoms with Crippen LogP contribution < -0.4 is 5.32 Å². The summed E-state index contributed by atoms with van der Waals surface area (Å²) >= 11 is 0. The van der Waals surface area contributed by atoms with Gasteiger partial charge in [0, 0.05) is 19.0 Å². The van der Waals surface area contributed by atoms with Crippen molar-refractivity contribution < 1.29 is 14.1 Å². The van der Waals surface area contributed by atoms with Crippen LogP contribution >= 0.6 is 0 Å². The van der Waals surface area contributed by atoms with Crippen molar-refractivity contribution in [2.24, 2.45) is 5.92 Å². The van der Waals surface area contributed by atoms with E-state index in [1.54, 1.807) is 0 Å². The predicted octanol–water partition coefficient (Wildman–Crippen LogP) is 1.63. The van der Waals surface area contributed by atoms with E-state index < -0.39 is 0 Å². The van der Waals surface area contributed by atoms with Crippen LogP contribution in [0.25, 0.3) is 0 Å². The topological polar surface area (TPSA) is 77.2 Å². The van der Waals surface area contributed by atoms with Gasteiger partial charge in [0.1, 0.15) is 0 Å².